The predicted octanol–water partition coefficient (Wildman–Crippen LogP) is 3.18. The molecule has 0 fully saturated rings. The van der Waals surface area contributed by atoms with E-state index in [2.05, 4.69) is 45.0 Å². The standard InChI is InChI=1S/C24H32N6O2.HI/c1-25-23(26-13-6-16-30-24(31)29-15-5-4-10-22(29)28-30)27-14-7-17-32-21-12-11-19-8-2-3-9-20(19)18-21;/h2-3,8-9,11-12,18H,4-7,10,13-17H2,1H3,(H2,25,26,27);1H. The Hall–Kier alpha value is -2.56. The minimum absolute atomic E-state index is 0. The molecular formula is C24H33IN6O2. The number of guanidine groups is 1. The van der Waals surface area contributed by atoms with Crippen LogP contribution in [0.5, 0.6) is 5.75 Å². The van der Waals surface area contributed by atoms with Gasteiger partial charge in [0.15, 0.2) is 5.96 Å². The maximum absolute atomic E-state index is 12.4. The summed E-state index contributed by atoms with van der Waals surface area (Å²) in [6.07, 6.45) is 4.76. The van der Waals surface area contributed by atoms with Crippen molar-refractivity contribution in [3.05, 3.63) is 58.8 Å². The Morgan fingerprint density at radius 2 is 1.88 bits per heavy atom. The lowest BCUT2D eigenvalue weighted by molar-refractivity contribution is 0.311. The molecule has 0 spiro atoms. The zero-order valence-electron chi connectivity index (χ0n) is 19.1. The second kappa shape index (κ2) is 12.6. The van der Waals surface area contributed by atoms with Crippen LogP contribution in [0, 0.1) is 0 Å². The largest absolute Gasteiger partial charge is 0.494 e. The van der Waals surface area contributed by atoms with Crippen molar-refractivity contribution in [1.82, 2.24) is 25.0 Å². The summed E-state index contributed by atoms with van der Waals surface area (Å²) in [6.45, 7) is 3.54. The Kier molecular flexibility index (Phi) is 9.59. The molecule has 0 bridgehead atoms. The lowest BCUT2D eigenvalue weighted by Crippen LogP contribution is -2.39. The van der Waals surface area contributed by atoms with Gasteiger partial charge < -0.3 is 15.4 Å². The average molecular weight is 564 g/mol. The minimum Gasteiger partial charge on any atom is -0.494 e. The second-order valence-corrected chi connectivity index (χ2v) is 8.02. The fraction of sp³-hybridized carbons (Fsp3) is 0.458. The lowest BCUT2D eigenvalue weighted by atomic mass is 10.1. The molecule has 1 aromatic heterocycles. The highest BCUT2D eigenvalue weighted by molar-refractivity contribution is 14.0. The summed E-state index contributed by atoms with van der Waals surface area (Å²) < 4.78 is 9.30. The number of rotatable bonds is 9. The van der Waals surface area contributed by atoms with Gasteiger partial charge in [-0.3, -0.25) is 9.56 Å². The van der Waals surface area contributed by atoms with Gasteiger partial charge in [-0.05, 0) is 48.6 Å². The highest BCUT2D eigenvalue weighted by Gasteiger charge is 2.16. The molecule has 0 aliphatic carbocycles. The molecule has 1 aliphatic rings. The summed E-state index contributed by atoms with van der Waals surface area (Å²) in [5.41, 5.74) is 0.0219. The zero-order valence-corrected chi connectivity index (χ0v) is 21.5. The molecule has 0 atom stereocenters. The summed E-state index contributed by atoms with van der Waals surface area (Å²) in [5, 5.41) is 13.5. The zero-order chi connectivity index (χ0) is 22.2. The van der Waals surface area contributed by atoms with Crippen molar-refractivity contribution in [3.8, 4) is 5.75 Å². The fourth-order valence-corrected chi connectivity index (χ4v) is 3.98. The fourth-order valence-electron chi connectivity index (χ4n) is 3.98. The maximum Gasteiger partial charge on any atom is 0.345 e. The van der Waals surface area contributed by atoms with Gasteiger partial charge in [0.1, 0.15) is 11.6 Å². The van der Waals surface area contributed by atoms with Crippen molar-refractivity contribution in [1.29, 1.82) is 0 Å². The first-order valence-electron chi connectivity index (χ1n) is 11.5. The smallest absolute Gasteiger partial charge is 0.345 e. The van der Waals surface area contributed by atoms with Gasteiger partial charge in [-0.1, -0.05) is 30.3 Å². The third-order valence-corrected chi connectivity index (χ3v) is 5.70. The molecule has 0 radical (unpaired) electrons. The molecule has 0 unspecified atom stereocenters. The monoisotopic (exact) mass is 564 g/mol. The predicted molar refractivity (Wildman–Crippen MR) is 143 cm³/mol. The molecule has 3 aromatic rings. The lowest BCUT2D eigenvalue weighted by Gasteiger charge is -2.12. The van der Waals surface area contributed by atoms with Crippen molar-refractivity contribution in [2.45, 2.75) is 45.2 Å². The van der Waals surface area contributed by atoms with E-state index in [1.807, 2.05) is 22.8 Å². The van der Waals surface area contributed by atoms with E-state index in [0.29, 0.717) is 13.2 Å². The molecule has 33 heavy (non-hydrogen) atoms. The number of hydrogen-bond acceptors (Lipinski definition) is 4. The van der Waals surface area contributed by atoms with E-state index in [-0.39, 0.29) is 29.7 Å². The third-order valence-electron chi connectivity index (χ3n) is 5.70. The molecule has 1 aliphatic heterocycles. The summed E-state index contributed by atoms with van der Waals surface area (Å²) in [7, 11) is 1.76. The number of aromatic nitrogens is 3. The van der Waals surface area contributed by atoms with Gasteiger partial charge in [0.25, 0.3) is 0 Å². The van der Waals surface area contributed by atoms with E-state index in [1.165, 1.54) is 10.8 Å². The van der Waals surface area contributed by atoms with Crippen molar-refractivity contribution < 1.29 is 4.74 Å². The Bertz CT molecular complexity index is 1120. The average Bonchev–Trinajstić information content (AvgIpc) is 3.15. The van der Waals surface area contributed by atoms with Crippen LogP contribution in [0.2, 0.25) is 0 Å². The highest BCUT2D eigenvalue weighted by Crippen LogP contribution is 2.20. The Labute approximate surface area is 211 Å². The van der Waals surface area contributed by atoms with Crippen LogP contribution in [0.1, 0.15) is 31.5 Å². The first kappa shape index (κ1) is 25.1. The van der Waals surface area contributed by atoms with E-state index < -0.39 is 0 Å². The molecule has 8 nitrogen and oxygen atoms in total. The van der Waals surface area contributed by atoms with Crippen molar-refractivity contribution in [2.24, 2.45) is 4.99 Å². The normalized spacial score (nSPS) is 13.3. The summed E-state index contributed by atoms with van der Waals surface area (Å²) in [4.78, 5) is 16.6. The summed E-state index contributed by atoms with van der Waals surface area (Å²) in [6, 6.07) is 14.4. The van der Waals surface area contributed by atoms with Gasteiger partial charge in [0.05, 0.1) is 6.61 Å². The van der Waals surface area contributed by atoms with Gasteiger partial charge in [0.2, 0.25) is 0 Å². The van der Waals surface area contributed by atoms with Crippen LogP contribution in [-0.4, -0.2) is 47.1 Å². The Morgan fingerprint density at radius 3 is 2.67 bits per heavy atom. The molecule has 0 amide bonds. The van der Waals surface area contributed by atoms with Gasteiger partial charge in [0, 0.05) is 39.6 Å². The Balaban J connectivity index is 0.00000306. The SMILES string of the molecule is CN=C(NCCCOc1ccc2ccccc2c1)NCCCn1nc2n(c1=O)CCCC2.I. The molecule has 0 saturated heterocycles. The van der Waals surface area contributed by atoms with Crippen molar-refractivity contribution in [3.63, 3.8) is 0 Å². The number of aliphatic imine (C=N–C) groups is 1. The molecule has 2 aromatic carbocycles. The van der Waals surface area contributed by atoms with Crippen molar-refractivity contribution >= 4 is 40.7 Å². The van der Waals surface area contributed by atoms with Crippen LogP contribution in [0.4, 0.5) is 0 Å². The van der Waals surface area contributed by atoms with Crippen LogP contribution < -0.4 is 21.1 Å². The van der Waals surface area contributed by atoms with E-state index in [9.17, 15) is 4.79 Å². The molecular weight excluding hydrogens is 531 g/mol. The summed E-state index contributed by atoms with van der Waals surface area (Å²) >= 11 is 0. The molecule has 4 rings (SSSR count). The highest BCUT2D eigenvalue weighted by atomic mass is 127. The number of aryl methyl sites for hydroxylation is 2. The van der Waals surface area contributed by atoms with Gasteiger partial charge >= 0.3 is 5.69 Å². The number of benzene rings is 2. The minimum atomic E-state index is 0. The molecule has 2 N–H and O–H groups in total. The molecule has 2 heterocycles. The van der Waals surface area contributed by atoms with Crippen LogP contribution >= 0.6 is 24.0 Å². The number of nitrogens with one attached hydrogen (secondary N) is 2. The van der Waals surface area contributed by atoms with Crippen molar-refractivity contribution in [2.75, 3.05) is 26.7 Å². The van der Waals surface area contributed by atoms with E-state index in [4.69, 9.17) is 4.74 Å². The van der Waals surface area contributed by atoms with Crippen LogP contribution in [0.15, 0.2) is 52.3 Å². The third kappa shape index (κ3) is 6.72. The first-order chi connectivity index (χ1) is 15.7. The summed E-state index contributed by atoms with van der Waals surface area (Å²) in [5.74, 6) is 2.58. The Morgan fingerprint density at radius 1 is 1.09 bits per heavy atom. The van der Waals surface area contributed by atoms with Gasteiger partial charge in [-0.15, -0.1) is 24.0 Å². The number of halogens is 1. The van der Waals surface area contributed by atoms with E-state index in [0.717, 1.165) is 69.3 Å². The van der Waals surface area contributed by atoms with Gasteiger partial charge in [-0.2, -0.15) is 5.10 Å². The second-order valence-electron chi connectivity index (χ2n) is 8.02. The topological polar surface area (TPSA) is 85.5 Å². The van der Waals surface area contributed by atoms with E-state index in [1.54, 1.807) is 11.7 Å². The molecule has 178 valence electrons. The van der Waals surface area contributed by atoms with Crippen LogP contribution in [0.3, 0.4) is 0 Å². The van der Waals surface area contributed by atoms with Crippen LogP contribution in [-0.2, 0) is 19.5 Å². The number of nitrogens with zero attached hydrogens (tertiary/aromatic N) is 4. The molecule has 9 heteroatoms. The maximum atomic E-state index is 12.4. The molecule has 0 saturated carbocycles. The van der Waals surface area contributed by atoms with E-state index >= 15 is 0 Å². The first-order valence-corrected chi connectivity index (χ1v) is 11.5. The van der Waals surface area contributed by atoms with Gasteiger partial charge in [-0.25, -0.2) is 9.48 Å². The quantitative estimate of drug-likeness (QED) is 0.181. The number of ether oxygens (including phenoxy) is 1. The number of hydrogen-bond donors (Lipinski definition) is 2. The van der Waals surface area contributed by atoms with Crippen LogP contribution in [0.25, 0.3) is 10.8 Å². The number of fused-ring (bicyclic) bond motifs is 2.